The fourth-order valence-corrected chi connectivity index (χ4v) is 4.18. The molecule has 1 aromatic heterocycles. The molecular weight excluding hydrogens is 451 g/mol. The lowest BCUT2D eigenvalue weighted by Crippen LogP contribution is -2.21. The van der Waals surface area contributed by atoms with Crippen molar-refractivity contribution < 1.29 is 14.3 Å². The predicted molar refractivity (Wildman–Crippen MR) is 118 cm³/mol. The summed E-state index contributed by atoms with van der Waals surface area (Å²) in [6.07, 6.45) is 0. The number of thiazole rings is 1. The molecule has 0 aliphatic rings. The molecule has 0 atom stereocenters. The molecule has 0 aliphatic heterocycles. The van der Waals surface area contributed by atoms with E-state index in [9.17, 15) is 9.59 Å². The van der Waals surface area contributed by atoms with Gasteiger partial charge in [0.1, 0.15) is 0 Å². The zero-order valence-corrected chi connectivity index (χ0v) is 18.4. The van der Waals surface area contributed by atoms with Crippen molar-refractivity contribution in [1.29, 1.82) is 0 Å². The van der Waals surface area contributed by atoms with Crippen LogP contribution in [0.5, 0.6) is 0 Å². The Bertz CT molecular complexity index is 1020. The maximum atomic E-state index is 12.2. The number of aryl methyl sites for hydroxylation is 1. The molecular formula is C20H16Cl2N2O3S2. The summed E-state index contributed by atoms with van der Waals surface area (Å²) in [4.78, 5) is 29.6. The zero-order chi connectivity index (χ0) is 20.8. The van der Waals surface area contributed by atoms with Crippen molar-refractivity contribution in [3.8, 4) is 0 Å². The molecule has 5 nitrogen and oxygen atoms in total. The Hall–Kier alpha value is -2.06. The van der Waals surface area contributed by atoms with Gasteiger partial charge in [0.15, 0.2) is 6.61 Å². The summed E-state index contributed by atoms with van der Waals surface area (Å²) in [6.45, 7) is 1.55. The summed E-state index contributed by atoms with van der Waals surface area (Å²) in [5, 5.41) is 6.19. The number of ether oxygens (including phenoxy) is 1. The van der Waals surface area contributed by atoms with Crippen LogP contribution in [0, 0.1) is 6.92 Å². The van der Waals surface area contributed by atoms with E-state index in [1.54, 1.807) is 53.4 Å². The predicted octanol–water partition coefficient (Wildman–Crippen LogP) is 5.85. The Balaban J connectivity index is 1.48. The van der Waals surface area contributed by atoms with Crippen molar-refractivity contribution in [3.63, 3.8) is 0 Å². The van der Waals surface area contributed by atoms with Crippen molar-refractivity contribution in [2.45, 2.75) is 17.6 Å². The Morgan fingerprint density at radius 3 is 2.62 bits per heavy atom. The van der Waals surface area contributed by atoms with E-state index < -0.39 is 18.5 Å². The lowest BCUT2D eigenvalue weighted by atomic mass is 10.2. The topological polar surface area (TPSA) is 68.3 Å². The van der Waals surface area contributed by atoms with Crippen LogP contribution in [-0.4, -0.2) is 23.5 Å². The maximum absolute atomic E-state index is 12.2. The number of nitrogens with one attached hydrogen (secondary N) is 1. The van der Waals surface area contributed by atoms with Crippen LogP contribution in [0.4, 0.5) is 5.69 Å². The Morgan fingerprint density at radius 1 is 1.17 bits per heavy atom. The Morgan fingerprint density at radius 2 is 1.93 bits per heavy atom. The van der Waals surface area contributed by atoms with Gasteiger partial charge in [0.05, 0.1) is 32.0 Å². The number of carbonyl (C=O) groups excluding carboxylic acids is 2. The van der Waals surface area contributed by atoms with Gasteiger partial charge >= 0.3 is 5.97 Å². The molecule has 1 amide bonds. The second-order valence-corrected chi connectivity index (χ2v) is 8.79. The highest BCUT2D eigenvalue weighted by Gasteiger charge is 2.12. The van der Waals surface area contributed by atoms with Crippen LogP contribution in [0.1, 0.15) is 21.1 Å². The average Bonchev–Trinajstić information content (AvgIpc) is 3.13. The molecule has 0 bridgehead atoms. The van der Waals surface area contributed by atoms with Crippen LogP contribution >= 0.6 is 46.3 Å². The molecule has 2 aromatic carbocycles. The van der Waals surface area contributed by atoms with Gasteiger partial charge in [-0.05, 0) is 43.3 Å². The van der Waals surface area contributed by atoms with Crippen LogP contribution in [0.2, 0.25) is 10.0 Å². The number of nitrogens with zero attached hydrogens (tertiary/aromatic N) is 1. The van der Waals surface area contributed by atoms with E-state index in [0.29, 0.717) is 16.3 Å². The first-order valence-corrected chi connectivity index (χ1v) is 11.1. The second kappa shape index (κ2) is 10.1. The number of esters is 1. The average molecular weight is 467 g/mol. The van der Waals surface area contributed by atoms with Crippen LogP contribution < -0.4 is 5.32 Å². The van der Waals surface area contributed by atoms with Crippen molar-refractivity contribution >= 4 is 63.9 Å². The molecule has 0 unspecified atom stereocenters. The summed E-state index contributed by atoms with van der Waals surface area (Å²) >= 11 is 15.2. The first kappa shape index (κ1) is 21.6. The quantitative estimate of drug-likeness (QED) is 0.349. The smallest absolute Gasteiger partial charge is 0.338 e. The molecule has 0 aliphatic carbocycles. The van der Waals surface area contributed by atoms with E-state index in [-0.39, 0.29) is 5.02 Å². The number of halogens is 2. The molecule has 150 valence electrons. The molecule has 29 heavy (non-hydrogen) atoms. The van der Waals surface area contributed by atoms with Gasteiger partial charge in [-0.2, -0.15) is 0 Å². The third kappa shape index (κ3) is 6.21. The molecule has 1 heterocycles. The Kier molecular flexibility index (Phi) is 7.55. The first-order valence-electron chi connectivity index (χ1n) is 8.47. The maximum Gasteiger partial charge on any atom is 0.338 e. The lowest BCUT2D eigenvalue weighted by Gasteiger charge is -2.09. The van der Waals surface area contributed by atoms with Gasteiger partial charge in [-0.3, -0.25) is 4.79 Å². The molecule has 9 heteroatoms. The molecule has 0 fully saturated rings. The van der Waals surface area contributed by atoms with Crippen LogP contribution in [-0.2, 0) is 15.3 Å². The highest BCUT2D eigenvalue weighted by molar-refractivity contribution is 7.98. The molecule has 1 N–H and O–H groups in total. The van der Waals surface area contributed by atoms with Crippen LogP contribution in [0.3, 0.4) is 0 Å². The summed E-state index contributed by atoms with van der Waals surface area (Å²) in [5.41, 5.74) is 1.76. The monoisotopic (exact) mass is 466 g/mol. The third-order valence-electron chi connectivity index (χ3n) is 3.70. The number of anilines is 1. The minimum absolute atomic E-state index is 0.231. The van der Waals surface area contributed by atoms with Gasteiger partial charge in [-0.25, -0.2) is 9.78 Å². The number of benzene rings is 2. The summed E-state index contributed by atoms with van der Waals surface area (Å²) in [6, 6.07) is 11.9. The zero-order valence-electron chi connectivity index (χ0n) is 15.3. The first-order chi connectivity index (χ1) is 13.9. The van der Waals surface area contributed by atoms with E-state index in [1.165, 1.54) is 0 Å². The van der Waals surface area contributed by atoms with Crippen molar-refractivity contribution in [2.24, 2.45) is 0 Å². The lowest BCUT2D eigenvalue weighted by molar-refractivity contribution is -0.119. The fraction of sp³-hybridized carbons (Fsp3) is 0.150. The van der Waals surface area contributed by atoms with Crippen molar-refractivity contribution in [2.75, 3.05) is 11.9 Å². The van der Waals surface area contributed by atoms with Crippen LogP contribution in [0.25, 0.3) is 0 Å². The van der Waals surface area contributed by atoms with Gasteiger partial charge < -0.3 is 10.1 Å². The van der Waals surface area contributed by atoms with E-state index in [0.717, 1.165) is 21.3 Å². The highest BCUT2D eigenvalue weighted by Crippen LogP contribution is 2.29. The number of amides is 1. The minimum atomic E-state index is -0.580. The highest BCUT2D eigenvalue weighted by atomic mass is 35.5. The summed E-state index contributed by atoms with van der Waals surface area (Å²) in [5.74, 6) is -0.322. The van der Waals surface area contributed by atoms with E-state index in [4.69, 9.17) is 27.9 Å². The standard InChI is InChI=1S/C20H16Cl2N2O3S2/c1-12-23-14(10-28-12)11-29-15-7-5-13(6-8-15)20(26)27-9-18(25)24-17-4-2-3-16(21)19(17)22/h2-8,10H,9,11H2,1H3,(H,24,25). The van der Waals surface area contributed by atoms with Crippen LogP contribution in [0.15, 0.2) is 52.7 Å². The van der Waals surface area contributed by atoms with E-state index in [2.05, 4.69) is 10.3 Å². The number of hydrogen-bond donors (Lipinski definition) is 1. The van der Waals surface area contributed by atoms with Gasteiger partial charge in [0.2, 0.25) is 0 Å². The largest absolute Gasteiger partial charge is 0.452 e. The summed E-state index contributed by atoms with van der Waals surface area (Å²) in [7, 11) is 0. The number of aromatic nitrogens is 1. The van der Waals surface area contributed by atoms with E-state index in [1.807, 2.05) is 24.4 Å². The third-order valence-corrected chi connectivity index (χ3v) is 6.39. The molecule has 3 rings (SSSR count). The molecule has 0 saturated carbocycles. The van der Waals surface area contributed by atoms with Gasteiger partial charge in [0, 0.05) is 16.0 Å². The number of thioether (sulfide) groups is 1. The SMILES string of the molecule is Cc1nc(CSc2ccc(C(=O)OCC(=O)Nc3cccc(Cl)c3Cl)cc2)cs1. The molecule has 3 aromatic rings. The number of carbonyl (C=O) groups is 2. The normalized spacial score (nSPS) is 10.6. The van der Waals surface area contributed by atoms with Gasteiger partial charge in [0.25, 0.3) is 5.91 Å². The molecule has 0 radical (unpaired) electrons. The van der Waals surface area contributed by atoms with Crippen molar-refractivity contribution in [1.82, 2.24) is 4.98 Å². The van der Waals surface area contributed by atoms with Gasteiger partial charge in [-0.1, -0.05) is 29.3 Å². The second-order valence-electron chi connectivity index (χ2n) is 5.90. The fourth-order valence-electron chi connectivity index (χ4n) is 2.32. The minimum Gasteiger partial charge on any atom is -0.452 e. The van der Waals surface area contributed by atoms with Gasteiger partial charge in [-0.15, -0.1) is 23.1 Å². The van der Waals surface area contributed by atoms with E-state index >= 15 is 0 Å². The molecule has 0 spiro atoms. The number of hydrogen-bond acceptors (Lipinski definition) is 6. The van der Waals surface area contributed by atoms with Crippen molar-refractivity contribution in [3.05, 3.63) is 74.2 Å². The molecule has 0 saturated heterocycles. The number of rotatable bonds is 7. The summed E-state index contributed by atoms with van der Waals surface area (Å²) < 4.78 is 5.06. The Labute approximate surface area is 186 Å².